The van der Waals surface area contributed by atoms with E-state index in [0.717, 1.165) is 10.2 Å². The number of hydrogen-bond acceptors (Lipinski definition) is 4. The molecule has 1 heterocycles. The minimum absolute atomic E-state index is 0.0252. The summed E-state index contributed by atoms with van der Waals surface area (Å²) < 4.78 is 23.1. The molecule has 0 saturated carbocycles. The van der Waals surface area contributed by atoms with Crippen LogP contribution in [-0.2, 0) is 9.84 Å². The molecule has 1 atom stereocenters. The van der Waals surface area contributed by atoms with Crippen LogP contribution in [0.1, 0.15) is 18.2 Å². The van der Waals surface area contributed by atoms with Crippen molar-refractivity contribution in [3.8, 4) is 0 Å². The van der Waals surface area contributed by atoms with E-state index in [2.05, 4.69) is 26.2 Å². The van der Waals surface area contributed by atoms with Crippen molar-refractivity contribution < 1.29 is 8.42 Å². The molecule has 90 valence electrons. The SMILES string of the molecule is CNC(CCS(C)(=O)=O)c1ccc(Br)cn1. The number of halogens is 1. The molecule has 0 aliphatic heterocycles. The number of nitrogens with zero attached hydrogens (tertiary/aromatic N) is 1. The van der Waals surface area contributed by atoms with Crippen molar-refractivity contribution in [3.05, 3.63) is 28.5 Å². The first-order valence-electron chi connectivity index (χ1n) is 4.89. The molecule has 0 aliphatic carbocycles. The van der Waals surface area contributed by atoms with Gasteiger partial charge in [0, 0.05) is 16.9 Å². The van der Waals surface area contributed by atoms with E-state index < -0.39 is 9.84 Å². The van der Waals surface area contributed by atoms with E-state index in [1.165, 1.54) is 6.26 Å². The molecule has 1 N–H and O–H groups in total. The minimum Gasteiger partial charge on any atom is -0.312 e. The van der Waals surface area contributed by atoms with Gasteiger partial charge in [-0.2, -0.15) is 0 Å². The second kappa shape index (κ2) is 5.75. The fourth-order valence-electron chi connectivity index (χ4n) is 1.37. The standard InChI is InChI=1S/C10H15BrN2O2S/c1-12-9(5-6-16(2,14)15)10-4-3-8(11)7-13-10/h3-4,7,9,12H,5-6H2,1-2H3. The van der Waals surface area contributed by atoms with E-state index in [-0.39, 0.29) is 11.8 Å². The van der Waals surface area contributed by atoms with Crippen LogP contribution >= 0.6 is 15.9 Å². The van der Waals surface area contributed by atoms with Crippen LogP contribution in [-0.4, -0.2) is 32.5 Å². The zero-order valence-corrected chi connectivity index (χ0v) is 11.7. The van der Waals surface area contributed by atoms with E-state index in [1.807, 2.05) is 12.1 Å². The first-order valence-corrected chi connectivity index (χ1v) is 7.74. The van der Waals surface area contributed by atoms with E-state index in [4.69, 9.17) is 0 Å². The van der Waals surface area contributed by atoms with Crippen LogP contribution in [0.5, 0.6) is 0 Å². The van der Waals surface area contributed by atoms with Gasteiger partial charge in [0.2, 0.25) is 0 Å². The van der Waals surface area contributed by atoms with E-state index in [0.29, 0.717) is 6.42 Å². The third kappa shape index (κ3) is 4.59. The van der Waals surface area contributed by atoms with Gasteiger partial charge >= 0.3 is 0 Å². The summed E-state index contributed by atoms with van der Waals surface area (Å²) in [5.41, 5.74) is 0.856. The maximum absolute atomic E-state index is 11.1. The Balaban J connectivity index is 2.71. The van der Waals surface area contributed by atoms with Gasteiger partial charge in [-0.3, -0.25) is 4.98 Å². The number of nitrogens with one attached hydrogen (secondary N) is 1. The maximum atomic E-state index is 11.1. The molecule has 4 nitrogen and oxygen atoms in total. The first kappa shape index (κ1) is 13.6. The molecule has 1 aromatic heterocycles. The summed E-state index contributed by atoms with van der Waals surface area (Å²) in [7, 11) is -1.12. The predicted octanol–water partition coefficient (Wildman–Crippen LogP) is 1.54. The van der Waals surface area contributed by atoms with Crippen LogP contribution in [0.3, 0.4) is 0 Å². The van der Waals surface area contributed by atoms with Crippen LogP contribution < -0.4 is 5.32 Å². The summed E-state index contributed by atoms with van der Waals surface area (Å²) in [6.07, 6.45) is 3.48. The van der Waals surface area contributed by atoms with Crippen molar-refractivity contribution in [2.75, 3.05) is 19.1 Å². The number of hydrogen-bond donors (Lipinski definition) is 1. The van der Waals surface area contributed by atoms with Gasteiger partial charge in [-0.05, 0) is 41.5 Å². The highest BCUT2D eigenvalue weighted by Crippen LogP contribution is 2.16. The summed E-state index contributed by atoms with van der Waals surface area (Å²) in [6, 6.07) is 3.75. The van der Waals surface area contributed by atoms with Gasteiger partial charge in [-0.15, -0.1) is 0 Å². The lowest BCUT2D eigenvalue weighted by atomic mass is 10.1. The van der Waals surface area contributed by atoms with Gasteiger partial charge in [-0.1, -0.05) is 0 Å². The molecule has 6 heteroatoms. The molecular formula is C10H15BrN2O2S. The maximum Gasteiger partial charge on any atom is 0.147 e. The van der Waals surface area contributed by atoms with Crippen molar-refractivity contribution in [1.29, 1.82) is 0 Å². The highest BCUT2D eigenvalue weighted by Gasteiger charge is 2.13. The molecule has 1 unspecified atom stereocenters. The van der Waals surface area contributed by atoms with E-state index in [9.17, 15) is 8.42 Å². The summed E-state index contributed by atoms with van der Waals surface area (Å²) in [4.78, 5) is 4.25. The summed E-state index contributed by atoms with van der Waals surface area (Å²) in [6.45, 7) is 0. The van der Waals surface area contributed by atoms with Crippen molar-refractivity contribution in [1.82, 2.24) is 10.3 Å². The van der Waals surface area contributed by atoms with Crippen molar-refractivity contribution in [2.45, 2.75) is 12.5 Å². The lowest BCUT2D eigenvalue weighted by Gasteiger charge is -2.14. The lowest BCUT2D eigenvalue weighted by Crippen LogP contribution is -2.20. The Kier molecular flexibility index (Phi) is 4.89. The molecule has 0 bridgehead atoms. The Morgan fingerprint density at radius 3 is 2.62 bits per heavy atom. The van der Waals surface area contributed by atoms with E-state index >= 15 is 0 Å². The molecule has 0 spiro atoms. The average molecular weight is 307 g/mol. The van der Waals surface area contributed by atoms with Crippen LogP contribution in [0.4, 0.5) is 0 Å². The van der Waals surface area contributed by atoms with Crippen LogP contribution in [0, 0.1) is 0 Å². The topological polar surface area (TPSA) is 59.1 Å². The van der Waals surface area contributed by atoms with Gasteiger partial charge in [0.05, 0.1) is 17.5 Å². The van der Waals surface area contributed by atoms with Gasteiger partial charge in [0.15, 0.2) is 0 Å². The smallest absolute Gasteiger partial charge is 0.147 e. The third-order valence-corrected chi connectivity index (χ3v) is 3.68. The molecule has 0 aliphatic rings. The molecular weight excluding hydrogens is 292 g/mol. The highest BCUT2D eigenvalue weighted by atomic mass is 79.9. The predicted molar refractivity (Wildman–Crippen MR) is 68.1 cm³/mol. The molecule has 0 radical (unpaired) electrons. The Morgan fingerprint density at radius 1 is 1.50 bits per heavy atom. The Labute approximate surface area is 105 Å². The van der Waals surface area contributed by atoms with E-state index in [1.54, 1.807) is 13.2 Å². The van der Waals surface area contributed by atoms with Crippen LogP contribution in [0.15, 0.2) is 22.8 Å². The molecule has 16 heavy (non-hydrogen) atoms. The van der Waals surface area contributed by atoms with Gasteiger partial charge in [-0.25, -0.2) is 8.42 Å². The summed E-state index contributed by atoms with van der Waals surface area (Å²) in [5, 5.41) is 3.07. The minimum atomic E-state index is -2.92. The average Bonchev–Trinajstić information content (AvgIpc) is 2.20. The number of pyridine rings is 1. The van der Waals surface area contributed by atoms with Crippen molar-refractivity contribution >= 4 is 25.8 Å². The largest absolute Gasteiger partial charge is 0.312 e. The second-order valence-corrected chi connectivity index (χ2v) is 6.84. The fraction of sp³-hybridized carbons (Fsp3) is 0.500. The highest BCUT2D eigenvalue weighted by molar-refractivity contribution is 9.10. The fourth-order valence-corrected chi connectivity index (χ4v) is 2.26. The molecule has 1 rings (SSSR count). The van der Waals surface area contributed by atoms with Crippen molar-refractivity contribution in [2.24, 2.45) is 0 Å². The molecule has 0 fully saturated rings. The van der Waals surface area contributed by atoms with Gasteiger partial charge in [0.1, 0.15) is 9.84 Å². The van der Waals surface area contributed by atoms with Crippen LogP contribution in [0.25, 0.3) is 0 Å². The second-order valence-electron chi connectivity index (χ2n) is 3.66. The molecule has 0 amide bonds. The molecule has 1 aromatic rings. The zero-order chi connectivity index (χ0) is 12.2. The summed E-state index contributed by atoms with van der Waals surface area (Å²) >= 11 is 3.31. The molecule has 0 aromatic carbocycles. The van der Waals surface area contributed by atoms with Crippen LogP contribution in [0.2, 0.25) is 0 Å². The summed E-state index contributed by atoms with van der Waals surface area (Å²) in [5.74, 6) is 0.163. The third-order valence-electron chi connectivity index (χ3n) is 2.23. The Morgan fingerprint density at radius 2 is 2.19 bits per heavy atom. The van der Waals surface area contributed by atoms with Gasteiger partial charge < -0.3 is 5.32 Å². The van der Waals surface area contributed by atoms with Gasteiger partial charge in [0.25, 0.3) is 0 Å². The quantitative estimate of drug-likeness (QED) is 0.896. The zero-order valence-electron chi connectivity index (χ0n) is 9.27. The first-order chi connectivity index (χ1) is 7.42. The normalized spacial score (nSPS) is 13.7. The molecule has 0 saturated heterocycles. The Hall–Kier alpha value is -0.460. The Bertz CT molecular complexity index is 431. The number of rotatable bonds is 5. The number of aromatic nitrogens is 1. The lowest BCUT2D eigenvalue weighted by molar-refractivity contribution is 0.548. The monoisotopic (exact) mass is 306 g/mol. The van der Waals surface area contributed by atoms with Crippen molar-refractivity contribution in [3.63, 3.8) is 0 Å². The number of sulfone groups is 1.